The maximum atomic E-state index is 11.5. The van der Waals surface area contributed by atoms with Gasteiger partial charge in [-0.15, -0.1) is 0 Å². The van der Waals surface area contributed by atoms with Gasteiger partial charge >= 0.3 is 0 Å². The second-order valence-corrected chi connectivity index (χ2v) is 3.76. The molecule has 0 spiro atoms. The first-order valence-electron chi connectivity index (χ1n) is 5.11. The monoisotopic (exact) mass is 212 g/mol. The highest BCUT2D eigenvalue weighted by Crippen LogP contribution is 2.14. The minimum Gasteiger partial charge on any atom is -0.347 e. The molecule has 1 aliphatic rings. The number of aldehydes is 1. The first-order chi connectivity index (χ1) is 7.13. The Hall–Kier alpha value is -1.39. The topological polar surface area (TPSA) is 66.5 Å². The summed E-state index contributed by atoms with van der Waals surface area (Å²) in [5.74, 6) is -0.185. The average Bonchev–Trinajstić information content (AvgIpc) is 2.26. The average molecular weight is 212 g/mol. The largest absolute Gasteiger partial charge is 0.347 e. The lowest BCUT2D eigenvalue weighted by Gasteiger charge is -2.29. The van der Waals surface area contributed by atoms with Gasteiger partial charge in [-0.05, 0) is 12.8 Å². The Kier molecular flexibility index (Phi) is 4.27. The number of piperidine rings is 1. The van der Waals surface area contributed by atoms with E-state index in [1.807, 2.05) is 0 Å². The highest BCUT2D eigenvalue weighted by Gasteiger charge is 2.21. The van der Waals surface area contributed by atoms with Gasteiger partial charge in [-0.1, -0.05) is 0 Å². The Morgan fingerprint density at radius 2 is 2.00 bits per heavy atom. The molecule has 0 atom stereocenters. The van der Waals surface area contributed by atoms with Crippen molar-refractivity contribution in [2.45, 2.75) is 19.8 Å². The molecule has 0 aromatic rings. The Balaban J connectivity index is 2.29. The molecule has 1 fully saturated rings. The number of carbonyl (C=O) groups is 3. The van der Waals surface area contributed by atoms with Crippen LogP contribution in [0.25, 0.3) is 0 Å². The molecule has 1 aliphatic heterocycles. The summed E-state index contributed by atoms with van der Waals surface area (Å²) in [7, 11) is 0. The molecule has 2 amide bonds. The molecule has 0 aromatic heterocycles. The molecule has 0 radical (unpaired) electrons. The van der Waals surface area contributed by atoms with Crippen LogP contribution < -0.4 is 5.32 Å². The fourth-order valence-corrected chi connectivity index (χ4v) is 1.60. The van der Waals surface area contributed by atoms with E-state index >= 15 is 0 Å². The van der Waals surface area contributed by atoms with E-state index in [0.29, 0.717) is 13.1 Å². The van der Waals surface area contributed by atoms with Gasteiger partial charge in [-0.2, -0.15) is 0 Å². The van der Waals surface area contributed by atoms with Gasteiger partial charge in [0.25, 0.3) is 0 Å². The third kappa shape index (κ3) is 3.69. The molecule has 0 saturated carbocycles. The van der Waals surface area contributed by atoms with E-state index < -0.39 is 0 Å². The van der Waals surface area contributed by atoms with Crippen molar-refractivity contribution in [2.75, 3.05) is 19.6 Å². The van der Waals surface area contributed by atoms with Crippen LogP contribution in [-0.4, -0.2) is 42.6 Å². The SMILES string of the molecule is CC(=O)NCC(=O)N1CCC(C=O)CC1. The molecule has 0 aromatic carbocycles. The predicted molar refractivity (Wildman–Crippen MR) is 54.1 cm³/mol. The zero-order valence-electron chi connectivity index (χ0n) is 8.86. The summed E-state index contributed by atoms with van der Waals surface area (Å²) in [4.78, 5) is 34.3. The van der Waals surface area contributed by atoms with Crippen molar-refractivity contribution in [1.29, 1.82) is 0 Å². The molecule has 0 aliphatic carbocycles. The molecule has 15 heavy (non-hydrogen) atoms. The van der Waals surface area contributed by atoms with Gasteiger partial charge in [0.2, 0.25) is 11.8 Å². The second-order valence-electron chi connectivity index (χ2n) is 3.76. The molecule has 5 nitrogen and oxygen atoms in total. The Bertz CT molecular complexity index is 257. The van der Waals surface area contributed by atoms with Crippen LogP contribution in [0.5, 0.6) is 0 Å². The molecule has 1 heterocycles. The number of carbonyl (C=O) groups excluding carboxylic acids is 3. The highest BCUT2D eigenvalue weighted by molar-refractivity contribution is 5.83. The Morgan fingerprint density at radius 1 is 1.40 bits per heavy atom. The molecular formula is C10H16N2O3. The van der Waals surface area contributed by atoms with Crippen LogP contribution in [0.4, 0.5) is 0 Å². The molecular weight excluding hydrogens is 196 g/mol. The lowest BCUT2D eigenvalue weighted by atomic mass is 9.99. The quantitative estimate of drug-likeness (QED) is 0.645. The fourth-order valence-electron chi connectivity index (χ4n) is 1.60. The van der Waals surface area contributed by atoms with E-state index in [0.717, 1.165) is 19.1 Å². The number of hydrogen-bond donors (Lipinski definition) is 1. The number of likely N-dealkylation sites (tertiary alicyclic amines) is 1. The molecule has 0 bridgehead atoms. The molecule has 1 saturated heterocycles. The Labute approximate surface area is 88.8 Å². The van der Waals surface area contributed by atoms with Crippen molar-refractivity contribution < 1.29 is 14.4 Å². The lowest BCUT2D eigenvalue weighted by Crippen LogP contribution is -2.43. The zero-order valence-corrected chi connectivity index (χ0v) is 8.86. The van der Waals surface area contributed by atoms with Crippen LogP contribution in [0.15, 0.2) is 0 Å². The van der Waals surface area contributed by atoms with E-state index in [4.69, 9.17) is 0 Å². The summed E-state index contributed by atoms with van der Waals surface area (Å²) in [5.41, 5.74) is 0. The van der Waals surface area contributed by atoms with Crippen molar-refractivity contribution in [3.8, 4) is 0 Å². The lowest BCUT2D eigenvalue weighted by molar-refractivity contribution is -0.134. The van der Waals surface area contributed by atoms with Gasteiger partial charge in [0.05, 0.1) is 6.54 Å². The number of rotatable bonds is 3. The van der Waals surface area contributed by atoms with Gasteiger partial charge in [-0.3, -0.25) is 9.59 Å². The molecule has 84 valence electrons. The third-order valence-corrected chi connectivity index (χ3v) is 2.57. The van der Waals surface area contributed by atoms with E-state index in [1.165, 1.54) is 6.92 Å². The number of nitrogens with one attached hydrogen (secondary N) is 1. The van der Waals surface area contributed by atoms with E-state index in [2.05, 4.69) is 5.32 Å². The van der Waals surface area contributed by atoms with Crippen LogP contribution in [0, 0.1) is 5.92 Å². The van der Waals surface area contributed by atoms with Gasteiger partial charge in [0.1, 0.15) is 6.29 Å². The van der Waals surface area contributed by atoms with E-state index in [1.54, 1.807) is 4.90 Å². The fraction of sp³-hybridized carbons (Fsp3) is 0.700. The minimum absolute atomic E-state index is 0.0566. The van der Waals surface area contributed by atoms with E-state index in [-0.39, 0.29) is 24.3 Å². The maximum absolute atomic E-state index is 11.5. The number of nitrogens with zero attached hydrogens (tertiary/aromatic N) is 1. The molecule has 1 N–H and O–H groups in total. The molecule has 1 rings (SSSR count). The summed E-state index contributed by atoms with van der Waals surface area (Å²) >= 11 is 0. The summed E-state index contributed by atoms with van der Waals surface area (Å²) in [6.45, 7) is 2.66. The predicted octanol–water partition coefficient (Wildman–Crippen LogP) is -0.440. The van der Waals surface area contributed by atoms with Gasteiger partial charge in [0.15, 0.2) is 0 Å². The second kappa shape index (κ2) is 5.48. The van der Waals surface area contributed by atoms with Crippen molar-refractivity contribution in [3.63, 3.8) is 0 Å². The van der Waals surface area contributed by atoms with Crippen molar-refractivity contribution in [1.82, 2.24) is 10.2 Å². The van der Waals surface area contributed by atoms with Gasteiger partial charge in [-0.25, -0.2) is 0 Å². The van der Waals surface area contributed by atoms with Crippen molar-refractivity contribution in [3.05, 3.63) is 0 Å². The maximum Gasteiger partial charge on any atom is 0.241 e. The summed E-state index contributed by atoms with van der Waals surface area (Å²) in [6.07, 6.45) is 2.42. The van der Waals surface area contributed by atoms with Crippen LogP contribution in [0.1, 0.15) is 19.8 Å². The summed E-state index contributed by atoms with van der Waals surface area (Å²) < 4.78 is 0. The zero-order chi connectivity index (χ0) is 11.3. The molecule has 0 unspecified atom stereocenters. The van der Waals surface area contributed by atoms with Crippen molar-refractivity contribution in [2.24, 2.45) is 5.92 Å². The van der Waals surface area contributed by atoms with Gasteiger partial charge < -0.3 is 15.0 Å². The van der Waals surface area contributed by atoms with E-state index in [9.17, 15) is 14.4 Å². The number of amides is 2. The highest BCUT2D eigenvalue weighted by atomic mass is 16.2. The van der Waals surface area contributed by atoms with Crippen LogP contribution in [0.2, 0.25) is 0 Å². The first kappa shape index (κ1) is 11.7. The standard InChI is InChI=1S/C10H16N2O3/c1-8(14)11-6-10(15)12-4-2-9(7-13)3-5-12/h7,9H,2-6H2,1H3,(H,11,14). The van der Waals surface area contributed by atoms with Crippen LogP contribution in [0.3, 0.4) is 0 Å². The smallest absolute Gasteiger partial charge is 0.241 e. The van der Waals surface area contributed by atoms with Crippen LogP contribution in [-0.2, 0) is 14.4 Å². The number of hydrogen-bond acceptors (Lipinski definition) is 3. The third-order valence-electron chi connectivity index (χ3n) is 2.57. The summed E-state index contributed by atoms with van der Waals surface area (Å²) in [6, 6.07) is 0. The van der Waals surface area contributed by atoms with Gasteiger partial charge in [0, 0.05) is 25.9 Å². The molecule has 5 heteroatoms. The Morgan fingerprint density at radius 3 is 2.47 bits per heavy atom. The normalized spacial score (nSPS) is 17.3. The van der Waals surface area contributed by atoms with Crippen molar-refractivity contribution >= 4 is 18.1 Å². The minimum atomic E-state index is -0.203. The summed E-state index contributed by atoms with van der Waals surface area (Å²) in [5, 5.41) is 2.47. The first-order valence-corrected chi connectivity index (χ1v) is 5.11. The van der Waals surface area contributed by atoms with Crippen LogP contribution >= 0.6 is 0 Å².